The number of hydrogen-bond acceptors (Lipinski definition) is 11. The van der Waals surface area contributed by atoms with Gasteiger partial charge in [0.05, 0.1) is 25.9 Å². The van der Waals surface area contributed by atoms with Crippen molar-refractivity contribution in [3.8, 4) is 0 Å². The number of carbonyl (C=O) groups excluding carboxylic acids is 2. The molecular formula is C46H78O14P2. The summed E-state index contributed by atoms with van der Waals surface area (Å²) in [6.45, 7) is 1.50. The lowest BCUT2D eigenvalue weighted by Crippen LogP contribution is -2.29. The Morgan fingerprint density at radius 3 is 1.65 bits per heavy atom. The highest BCUT2D eigenvalue weighted by molar-refractivity contribution is 7.47. The molecule has 0 aliphatic heterocycles. The van der Waals surface area contributed by atoms with Crippen molar-refractivity contribution in [1.29, 1.82) is 0 Å². The summed E-state index contributed by atoms with van der Waals surface area (Å²) in [4.78, 5) is 52.7. The molecule has 0 heterocycles. The van der Waals surface area contributed by atoms with Crippen LogP contribution in [0.4, 0.5) is 0 Å². The van der Waals surface area contributed by atoms with Gasteiger partial charge in [-0.15, -0.1) is 0 Å². The minimum atomic E-state index is -4.88. The smallest absolute Gasteiger partial charge is 0.462 e. The Labute approximate surface area is 371 Å². The van der Waals surface area contributed by atoms with Crippen LogP contribution in [0.3, 0.4) is 0 Å². The van der Waals surface area contributed by atoms with Crippen LogP contribution in [0.5, 0.6) is 0 Å². The lowest BCUT2D eigenvalue weighted by atomic mass is 10.1. The SMILES string of the molecule is CCCCC/C=C\C=C/[C@@H](O)C/C=C\C/C=C/CCCC(=O)OC[C@H](COP(=O)(O)OC[C@@H](O)COP(=O)(O)O)OC(=O)CCC/C=C\C/C=C\C/C=C\CCCCCCCC. The summed E-state index contributed by atoms with van der Waals surface area (Å²) in [6, 6.07) is 0. The van der Waals surface area contributed by atoms with Gasteiger partial charge in [0.2, 0.25) is 0 Å². The van der Waals surface area contributed by atoms with E-state index in [-0.39, 0.29) is 12.8 Å². The zero-order valence-corrected chi connectivity index (χ0v) is 39.1. The van der Waals surface area contributed by atoms with Gasteiger partial charge in [0.15, 0.2) is 6.10 Å². The van der Waals surface area contributed by atoms with Crippen molar-refractivity contribution in [2.75, 3.05) is 26.4 Å². The second kappa shape index (κ2) is 41.0. The first-order chi connectivity index (χ1) is 29.8. The third-order valence-corrected chi connectivity index (χ3v) is 10.3. The number of unbranched alkanes of at least 4 members (excludes halogenated alkanes) is 11. The van der Waals surface area contributed by atoms with Gasteiger partial charge in [0, 0.05) is 12.8 Å². The minimum Gasteiger partial charge on any atom is -0.462 e. The average Bonchev–Trinajstić information content (AvgIpc) is 3.23. The maximum atomic E-state index is 12.6. The highest BCUT2D eigenvalue weighted by Gasteiger charge is 2.28. The van der Waals surface area contributed by atoms with Crippen LogP contribution >= 0.6 is 15.6 Å². The van der Waals surface area contributed by atoms with E-state index in [1.54, 1.807) is 6.08 Å². The number of phosphoric acid groups is 2. The van der Waals surface area contributed by atoms with Crippen LogP contribution in [0.25, 0.3) is 0 Å². The predicted octanol–water partition coefficient (Wildman–Crippen LogP) is 10.5. The van der Waals surface area contributed by atoms with Gasteiger partial charge < -0.3 is 34.4 Å². The highest BCUT2D eigenvalue weighted by atomic mass is 31.2. The Kier molecular flexibility index (Phi) is 39.2. The molecule has 62 heavy (non-hydrogen) atoms. The third kappa shape index (κ3) is 43.9. The van der Waals surface area contributed by atoms with Crippen LogP contribution in [0.2, 0.25) is 0 Å². The first kappa shape index (κ1) is 59.3. The second-order valence-corrected chi connectivity index (χ2v) is 17.5. The van der Waals surface area contributed by atoms with Gasteiger partial charge in [0.1, 0.15) is 12.7 Å². The van der Waals surface area contributed by atoms with E-state index in [9.17, 15) is 33.8 Å². The Balaban J connectivity index is 4.75. The Hall–Kier alpha value is -2.74. The van der Waals surface area contributed by atoms with E-state index in [1.807, 2.05) is 48.6 Å². The number of allylic oxidation sites excluding steroid dienone is 12. The Morgan fingerprint density at radius 1 is 0.532 bits per heavy atom. The molecular weight excluding hydrogens is 838 g/mol. The number of rotatable bonds is 41. The van der Waals surface area contributed by atoms with Crippen molar-refractivity contribution < 1.29 is 66.7 Å². The minimum absolute atomic E-state index is 0.0308. The number of ether oxygens (including phenoxy) is 2. The van der Waals surface area contributed by atoms with Crippen molar-refractivity contribution in [2.24, 2.45) is 0 Å². The van der Waals surface area contributed by atoms with E-state index in [4.69, 9.17) is 23.8 Å². The predicted molar refractivity (Wildman–Crippen MR) is 245 cm³/mol. The molecule has 0 saturated carbocycles. The molecule has 0 aliphatic rings. The lowest BCUT2D eigenvalue weighted by molar-refractivity contribution is -0.161. The van der Waals surface area contributed by atoms with Gasteiger partial charge in [-0.05, 0) is 77.0 Å². The van der Waals surface area contributed by atoms with Crippen LogP contribution < -0.4 is 0 Å². The lowest BCUT2D eigenvalue weighted by Gasteiger charge is -2.20. The number of aliphatic hydroxyl groups excluding tert-OH is 2. The Morgan fingerprint density at radius 2 is 1.02 bits per heavy atom. The number of aliphatic hydroxyl groups is 2. The van der Waals surface area contributed by atoms with Crippen molar-refractivity contribution in [3.05, 3.63) is 85.1 Å². The maximum absolute atomic E-state index is 12.6. The summed E-state index contributed by atoms with van der Waals surface area (Å²) in [5.74, 6) is -1.21. The second-order valence-electron chi connectivity index (χ2n) is 14.8. The molecule has 0 amide bonds. The molecule has 356 valence electrons. The molecule has 16 heteroatoms. The zero-order chi connectivity index (χ0) is 46.0. The molecule has 0 radical (unpaired) electrons. The van der Waals surface area contributed by atoms with E-state index in [0.717, 1.165) is 25.7 Å². The monoisotopic (exact) mass is 916 g/mol. The molecule has 0 aromatic heterocycles. The molecule has 0 rings (SSSR count). The number of phosphoric ester groups is 2. The summed E-state index contributed by atoms with van der Waals surface area (Å²) in [5, 5.41) is 19.8. The van der Waals surface area contributed by atoms with E-state index in [0.29, 0.717) is 38.5 Å². The van der Waals surface area contributed by atoms with Gasteiger partial charge in [-0.25, -0.2) is 9.13 Å². The molecule has 0 aliphatic carbocycles. The normalized spacial score (nSPS) is 15.3. The molecule has 0 spiro atoms. The first-order valence-electron chi connectivity index (χ1n) is 22.4. The van der Waals surface area contributed by atoms with Crippen LogP contribution in [0.15, 0.2) is 85.1 Å². The van der Waals surface area contributed by atoms with Gasteiger partial charge >= 0.3 is 27.6 Å². The van der Waals surface area contributed by atoms with Crippen LogP contribution in [-0.2, 0) is 41.8 Å². The molecule has 0 aromatic carbocycles. The van der Waals surface area contributed by atoms with Crippen molar-refractivity contribution >= 4 is 27.6 Å². The largest absolute Gasteiger partial charge is 0.472 e. The molecule has 0 bridgehead atoms. The fraction of sp³-hybridized carbons (Fsp3) is 0.652. The maximum Gasteiger partial charge on any atom is 0.472 e. The highest BCUT2D eigenvalue weighted by Crippen LogP contribution is 2.43. The number of esters is 2. The fourth-order valence-electron chi connectivity index (χ4n) is 5.38. The fourth-order valence-corrected chi connectivity index (χ4v) is 6.53. The molecule has 4 atom stereocenters. The molecule has 0 saturated heterocycles. The third-order valence-electron chi connectivity index (χ3n) is 8.83. The van der Waals surface area contributed by atoms with Crippen molar-refractivity contribution in [2.45, 2.75) is 167 Å². The van der Waals surface area contributed by atoms with Gasteiger partial charge in [-0.3, -0.25) is 23.2 Å². The average molecular weight is 917 g/mol. The molecule has 0 fully saturated rings. The summed E-state index contributed by atoms with van der Waals surface area (Å²) < 4.78 is 47.6. The van der Waals surface area contributed by atoms with Gasteiger partial charge in [0.25, 0.3) is 0 Å². The van der Waals surface area contributed by atoms with E-state index in [1.165, 1.54) is 57.8 Å². The van der Waals surface area contributed by atoms with Gasteiger partial charge in [-0.2, -0.15) is 0 Å². The molecule has 5 N–H and O–H groups in total. The van der Waals surface area contributed by atoms with Crippen LogP contribution in [0.1, 0.15) is 149 Å². The quantitative estimate of drug-likeness (QED) is 0.0127. The van der Waals surface area contributed by atoms with E-state index in [2.05, 4.69) is 53.3 Å². The summed E-state index contributed by atoms with van der Waals surface area (Å²) in [5.41, 5.74) is 0. The van der Waals surface area contributed by atoms with Crippen molar-refractivity contribution in [3.63, 3.8) is 0 Å². The Bertz CT molecular complexity index is 1430. The number of carbonyl (C=O) groups is 2. The van der Waals surface area contributed by atoms with Crippen LogP contribution in [0, 0.1) is 0 Å². The standard InChI is InChI=1S/C46H78O14P2/c1-3-5-7-9-11-12-13-14-15-16-17-18-19-20-24-29-33-37-46(50)60-44(41-59-62(54,55)58-39-43(48)38-57-61(51,52)53)40-56-45(49)36-32-28-25-21-23-27-31-35-42(47)34-30-26-22-10-8-6-4-2/h14-15,17-18,20-22,24-27,30-31,34,42-44,47-48H,3-13,16,19,23,28-29,32-33,35-41H2,1-2H3,(H,54,55)(H2,51,52,53)/b15-14-,18-17-,24-20-,25-21+,26-22-,31-27-,34-30-/t42-,43+,44-/m1/s1. The van der Waals surface area contributed by atoms with E-state index < -0.39 is 72.3 Å². The molecule has 0 aromatic rings. The van der Waals surface area contributed by atoms with Crippen molar-refractivity contribution in [1.82, 2.24) is 0 Å². The summed E-state index contributed by atoms with van der Waals surface area (Å²) >= 11 is 0. The summed E-state index contributed by atoms with van der Waals surface area (Å²) in [6.07, 6.45) is 43.3. The summed E-state index contributed by atoms with van der Waals surface area (Å²) in [7, 11) is -9.74. The molecule has 1 unspecified atom stereocenters. The van der Waals surface area contributed by atoms with Gasteiger partial charge in [-0.1, -0.05) is 144 Å². The zero-order valence-electron chi connectivity index (χ0n) is 37.3. The molecule has 14 nitrogen and oxygen atoms in total. The first-order valence-corrected chi connectivity index (χ1v) is 25.4. The topological polar surface area (TPSA) is 216 Å². The number of hydrogen-bond donors (Lipinski definition) is 5. The van der Waals surface area contributed by atoms with Crippen LogP contribution in [-0.4, -0.2) is 81.6 Å². The van der Waals surface area contributed by atoms with E-state index >= 15 is 0 Å².